The monoisotopic (exact) mass is 210 g/mol. The molecule has 0 saturated heterocycles. The predicted molar refractivity (Wildman–Crippen MR) is 58.4 cm³/mol. The van der Waals surface area contributed by atoms with Crippen molar-refractivity contribution in [2.24, 2.45) is 0 Å². The molecule has 0 fully saturated rings. The van der Waals surface area contributed by atoms with Crippen LogP contribution in [0.4, 0.5) is 0 Å². The molecule has 0 aliphatic rings. The molecule has 1 rings (SSSR count). The highest BCUT2D eigenvalue weighted by molar-refractivity contribution is 5.02. The summed E-state index contributed by atoms with van der Waals surface area (Å²) in [5.74, 6) is 0. The summed E-state index contributed by atoms with van der Waals surface area (Å²) in [4.78, 5) is 6.37. The van der Waals surface area contributed by atoms with Gasteiger partial charge in [0.25, 0.3) is 0 Å². The lowest BCUT2D eigenvalue weighted by Crippen LogP contribution is -2.31. The second-order valence-corrected chi connectivity index (χ2v) is 3.42. The summed E-state index contributed by atoms with van der Waals surface area (Å²) < 4.78 is 10.2. The molecule has 15 heavy (non-hydrogen) atoms. The van der Waals surface area contributed by atoms with Crippen molar-refractivity contribution in [2.75, 3.05) is 27.8 Å². The third-order valence-electron chi connectivity index (χ3n) is 2.14. The Balaban J connectivity index is 2.39. The van der Waals surface area contributed by atoms with E-state index in [2.05, 4.69) is 9.88 Å². The van der Waals surface area contributed by atoms with Gasteiger partial charge in [0.05, 0.1) is 5.69 Å². The molecule has 4 nitrogen and oxygen atoms in total. The van der Waals surface area contributed by atoms with E-state index in [1.807, 2.05) is 25.2 Å². The van der Waals surface area contributed by atoms with Gasteiger partial charge in [-0.2, -0.15) is 0 Å². The molecule has 84 valence electrons. The smallest absolute Gasteiger partial charge is 0.169 e. The highest BCUT2D eigenvalue weighted by atomic mass is 16.7. The highest BCUT2D eigenvalue weighted by Gasteiger charge is 2.09. The second kappa shape index (κ2) is 6.50. The van der Waals surface area contributed by atoms with Crippen molar-refractivity contribution < 1.29 is 9.47 Å². The summed E-state index contributed by atoms with van der Waals surface area (Å²) in [6, 6.07) is 5.90. The van der Waals surface area contributed by atoms with Crippen LogP contribution in [-0.4, -0.2) is 44.0 Å². The SMILES string of the molecule is COC(CN(C)Cc1ccccn1)OC. The predicted octanol–water partition coefficient (Wildman–Crippen LogP) is 1.13. The average Bonchev–Trinajstić information content (AvgIpc) is 2.27. The molecule has 0 N–H and O–H groups in total. The fraction of sp³-hybridized carbons (Fsp3) is 0.545. The van der Waals surface area contributed by atoms with E-state index in [-0.39, 0.29) is 6.29 Å². The molecule has 1 aromatic rings. The first-order valence-corrected chi connectivity index (χ1v) is 4.90. The van der Waals surface area contributed by atoms with Gasteiger partial charge >= 0.3 is 0 Å². The number of likely N-dealkylation sites (N-methyl/N-ethyl adjacent to an activating group) is 1. The van der Waals surface area contributed by atoms with Crippen molar-refractivity contribution in [1.82, 2.24) is 9.88 Å². The van der Waals surface area contributed by atoms with Crippen molar-refractivity contribution in [3.8, 4) is 0 Å². The number of aromatic nitrogens is 1. The van der Waals surface area contributed by atoms with Crippen molar-refractivity contribution in [3.63, 3.8) is 0 Å². The molecular formula is C11H18N2O2. The van der Waals surface area contributed by atoms with Crippen LogP contribution in [0.2, 0.25) is 0 Å². The van der Waals surface area contributed by atoms with Crippen LogP contribution in [0.1, 0.15) is 5.69 Å². The third-order valence-corrected chi connectivity index (χ3v) is 2.14. The number of hydrogen-bond donors (Lipinski definition) is 0. The topological polar surface area (TPSA) is 34.6 Å². The van der Waals surface area contributed by atoms with Gasteiger partial charge in [0.2, 0.25) is 0 Å². The lowest BCUT2D eigenvalue weighted by atomic mass is 10.3. The Morgan fingerprint density at radius 2 is 2.07 bits per heavy atom. The minimum atomic E-state index is -0.182. The molecule has 0 saturated carbocycles. The Morgan fingerprint density at radius 3 is 2.60 bits per heavy atom. The molecule has 0 aliphatic heterocycles. The number of methoxy groups -OCH3 is 2. The maximum absolute atomic E-state index is 5.12. The molecule has 0 amide bonds. The van der Waals surface area contributed by atoms with Crippen LogP contribution in [0.25, 0.3) is 0 Å². The van der Waals surface area contributed by atoms with Crippen LogP contribution in [-0.2, 0) is 16.0 Å². The van der Waals surface area contributed by atoms with E-state index < -0.39 is 0 Å². The second-order valence-electron chi connectivity index (χ2n) is 3.42. The molecule has 4 heteroatoms. The van der Waals surface area contributed by atoms with E-state index >= 15 is 0 Å². The maximum Gasteiger partial charge on any atom is 0.169 e. The van der Waals surface area contributed by atoms with E-state index in [1.165, 1.54) is 0 Å². The Labute approximate surface area is 90.8 Å². The molecule has 0 aromatic carbocycles. The van der Waals surface area contributed by atoms with Crippen molar-refractivity contribution >= 4 is 0 Å². The highest BCUT2D eigenvalue weighted by Crippen LogP contribution is 2.01. The summed E-state index contributed by atoms with van der Waals surface area (Å²) in [5, 5.41) is 0. The quantitative estimate of drug-likeness (QED) is 0.659. The zero-order valence-corrected chi connectivity index (χ0v) is 9.51. The Hall–Kier alpha value is -0.970. The van der Waals surface area contributed by atoms with Gasteiger partial charge in [0, 0.05) is 33.5 Å². The van der Waals surface area contributed by atoms with Gasteiger partial charge in [-0.15, -0.1) is 0 Å². The zero-order valence-electron chi connectivity index (χ0n) is 9.51. The molecule has 1 heterocycles. The number of pyridine rings is 1. The van der Waals surface area contributed by atoms with Crippen molar-refractivity contribution in [3.05, 3.63) is 30.1 Å². The largest absolute Gasteiger partial charge is 0.355 e. The average molecular weight is 210 g/mol. The van der Waals surface area contributed by atoms with E-state index in [0.717, 1.165) is 18.8 Å². The zero-order chi connectivity index (χ0) is 11.1. The minimum Gasteiger partial charge on any atom is -0.355 e. The number of rotatable bonds is 6. The van der Waals surface area contributed by atoms with Crippen LogP contribution in [0.5, 0.6) is 0 Å². The molecular weight excluding hydrogens is 192 g/mol. The molecule has 0 bridgehead atoms. The fourth-order valence-corrected chi connectivity index (χ4v) is 1.33. The van der Waals surface area contributed by atoms with Gasteiger partial charge in [0.1, 0.15) is 0 Å². The standard InChI is InChI=1S/C11H18N2O2/c1-13(9-11(14-2)15-3)8-10-6-4-5-7-12-10/h4-7,11H,8-9H2,1-3H3. The fourth-order valence-electron chi connectivity index (χ4n) is 1.33. The van der Waals surface area contributed by atoms with Crippen LogP contribution >= 0.6 is 0 Å². The summed E-state index contributed by atoms with van der Waals surface area (Å²) in [6.07, 6.45) is 1.62. The molecule has 0 unspecified atom stereocenters. The Kier molecular flexibility index (Phi) is 5.25. The first-order chi connectivity index (χ1) is 7.26. The van der Waals surface area contributed by atoms with E-state index in [9.17, 15) is 0 Å². The number of ether oxygens (including phenoxy) is 2. The number of nitrogens with zero attached hydrogens (tertiary/aromatic N) is 2. The van der Waals surface area contributed by atoms with E-state index in [4.69, 9.17) is 9.47 Å². The van der Waals surface area contributed by atoms with Crippen molar-refractivity contribution in [1.29, 1.82) is 0 Å². The minimum absolute atomic E-state index is 0.182. The van der Waals surface area contributed by atoms with Crippen molar-refractivity contribution in [2.45, 2.75) is 12.8 Å². The Morgan fingerprint density at radius 1 is 1.33 bits per heavy atom. The lowest BCUT2D eigenvalue weighted by Gasteiger charge is -2.21. The molecule has 0 aliphatic carbocycles. The van der Waals surface area contributed by atoms with Crippen LogP contribution < -0.4 is 0 Å². The Bertz CT molecular complexity index is 263. The van der Waals surface area contributed by atoms with Gasteiger partial charge in [0.15, 0.2) is 6.29 Å². The molecule has 0 radical (unpaired) electrons. The third kappa shape index (κ3) is 4.38. The summed E-state index contributed by atoms with van der Waals surface area (Å²) in [6.45, 7) is 1.52. The van der Waals surface area contributed by atoms with Gasteiger partial charge in [-0.3, -0.25) is 9.88 Å². The van der Waals surface area contributed by atoms with Crippen LogP contribution in [0, 0.1) is 0 Å². The van der Waals surface area contributed by atoms with Crippen LogP contribution in [0.15, 0.2) is 24.4 Å². The summed E-state index contributed by atoms with van der Waals surface area (Å²) >= 11 is 0. The maximum atomic E-state index is 5.12. The lowest BCUT2D eigenvalue weighted by molar-refractivity contribution is -0.114. The summed E-state index contributed by atoms with van der Waals surface area (Å²) in [7, 11) is 5.30. The van der Waals surface area contributed by atoms with Gasteiger partial charge < -0.3 is 9.47 Å². The first kappa shape index (κ1) is 12.1. The van der Waals surface area contributed by atoms with E-state index in [0.29, 0.717) is 0 Å². The first-order valence-electron chi connectivity index (χ1n) is 4.90. The molecule has 0 atom stereocenters. The molecule has 1 aromatic heterocycles. The summed E-state index contributed by atoms with van der Waals surface area (Å²) in [5.41, 5.74) is 1.05. The van der Waals surface area contributed by atoms with Gasteiger partial charge in [-0.05, 0) is 19.2 Å². The van der Waals surface area contributed by atoms with Gasteiger partial charge in [-0.1, -0.05) is 6.07 Å². The normalized spacial score (nSPS) is 11.3. The van der Waals surface area contributed by atoms with Crippen LogP contribution in [0.3, 0.4) is 0 Å². The van der Waals surface area contributed by atoms with Gasteiger partial charge in [-0.25, -0.2) is 0 Å². The van der Waals surface area contributed by atoms with E-state index in [1.54, 1.807) is 20.4 Å². The number of hydrogen-bond acceptors (Lipinski definition) is 4. The molecule has 0 spiro atoms.